The number of hydrogen-bond acceptors (Lipinski definition) is 6. The van der Waals surface area contributed by atoms with Gasteiger partial charge in [-0.3, -0.25) is 5.41 Å². The Bertz CT molecular complexity index is 781. The molecular formula is C22H32N4O2. The molecule has 28 heavy (non-hydrogen) atoms. The monoisotopic (exact) mass is 384 g/mol. The molecule has 0 saturated carbocycles. The molecule has 1 aliphatic carbocycles. The second-order valence-corrected chi connectivity index (χ2v) is 6.85. The smallest absolute Gasteiger partial charge is 0.146 e. The molecule has 0 radical (unpaired) electrons. The van der Waals surface area contributed by atoms with Crippen molar-refractivity contribution in [3.8, 4) is 0 Å². The zero-order valence-electron chi connectivity index (χ0n) is 17.2. The van der Waals surface area contributed by atoms with E-state index in [2.05, 4.69) is 24.8 Å². The van der Waals surface area contributed by atoms with Gasteiger partial charge in [-0.05, 0) is 50.1 Å². The lowest BCUT2D eigenvalue weighted by Gasteiger charge is -2.22. The summed E-state index contributed by atoms with van der Waals surface area (Å²) in [4.78, 5) is 6.82. The molecule has 0 fully saturated rings. The molecule has 0 saturated heterocycles. The van der Waals surface area contributed by atoms with Crippen molar-refractivity contribution in [3.63, 3.8) is 0 Å². The third-order valence-electron chi connectivity index (χ3n) is 4.67. The van der Waals surface area contributed by atoms with Crippen LogP contribution in [0.5, 0.6) is 0 Å². The summed E-state index contributed by atoms with van der Waals surface area (Å²) in [7, 11) is 0. The number of aliphatic hydroxyl groups is 1. The van der Waals surface area contributed by atoms with Crippen molar-refractivity contribution < 1.29 is 9.84 Å². The van der Waals surface area contributed by atoms with E-state index >= 15 is 0 Å². The zero-order chi connectivity index (χ0) is 20.5. The lowest BCUT2D eigenvalue weighted by Crippen LogP contribution is -2.26. The van der Waals surface area contributed by atoms with Gasteiger partial charge in [-0.1, -0.05) is 19.8 Å². The van der Waals surface area contributed by atoms with Gasteiger partial charge < -0.3 is 20.5 Å². The predicted molar refractivity (Wildman–Crippen MR) is 117 cm³/mol. The molecule has 1 aromatic carbocycles. The van der Waals surface area contributed by atoms with Crippen molar-refractivity contribution in [2.24, 2.45) is 10.7 Å². The summed E-state index contributed by atoms with van der Waals surface area (Å²) in [5.74, 6) is 0.512. The number of hydrogen-bond donors (Lipinski definition) is 3. The molecule has 1 aliphatic rings. The fourth-order valence-electron chi connectivity index (χ4n) is 3.02. The average molecular weight is 385 g/mol. The number of allylic oxidation sites excluding steroid dienone is 2. The Morgan fingerprint density at radius 3 is 2.64 bits per heavy atom. The van der Waals surface area contributed by atoms with Crippen LogP contribution < -0.4 is 10.6 Å². The van der Waals surface area contributed by atoms with Crippen LogP contribution in [-0.4, -0.2) is 42.8 Å². The minimum Gasteiger partial charge on any atom is -0.491 e. The van der Waals surface area contributed by atoms with Crippen LogP contribution in [0, 0.1) is 12.3 Å². The van der Waals surface area contributed by atoms with Crippen LogP contribution in [0.1, 0.15) is 38.7 Å². The molecule has 0 bridgehead atoms. The molecule has 2 rings (SSSR count). The van der Waals surface area contributed by atoms with Crippen LogP contribution in [0.3, 0.4) is 0 Å². The summed E-state index contributed by atoms with van der Waals surface area (Å²) in [5, 5.41) is 17.3. The number of rotatable bonds is 10. The van der Waals surface area contributed by atoms with Gasteiger partial charge in [0.1, 0.15) is 5.76 Å². The Morgan fingerprint density at radius 2 is 2.00 bits per heavy atom. The lowest BCUT2D eigenvalue weighted by atomic mass is 10.1. The van der Waals surface area contributed by atoms with Gasteiger partial charge in [-0.15, -0.1) is 0 Å². The third kappa shape index (κ3) is 5.70. The highest BCUT2D eigenvalue weighted by Gasteiger charge is 2.16. The zero-order valence-corrected chi connectivity index (χ0v) is 17.2. The van der Waals surface area contributed by atoms with Crippen molar-refractivity contribution in [2.45, 2.75) is 40.0 Å². The molecule has 0 atom stereocenters. The van der Waals surface area contributed by atoms with Crippen molar-refractivity contribution in [2.75, 3.05) is 31.2 Å². The van der Waals surface area contributed by atoms with Crippen LogP contribution >= 0.6 is 0 Å². The topological polar surface area (TPSA) is 94.9 Å². The Morgan fingerprint density at radius 1 is 1.21 bits per heavy atom. The summed E-state index contributed by atoms with van der Waals surface area (Å²) in [6.45, 7) is 8.36. The minimum absolute atomic E-state index is 0.121. The minimum atomic E-state index is 0.121. The van der Waals surface area contributed by atoms with E-state index < -0.39 is 0 Å². The molecule has 0 amide bonds. The fourth-order valence-corrected chi connectivity index (χ4v) is 3.02. The van der Waals surface area contributed by atoms with Gasteiger partial charge in [-0.2, -0.15) is 0 Å². The van der Waals surface area contributed by atoms with Gasteiger partial charge in [0, 0.05) is 24.9 Å². The first-order valence-corrected chi connectivity index (χ1v) is 9.96. The highest BCUT2D eigenvalue weighted by atomic mass is 16.5. The van der Waals surface area contributed by atoms with E-state index in [4.69, 9.17) is 20.9 Å². The van der Waals surface area contributed by atoms with E-state index in [0.29, 0.717) is 30.3 Å². The number of aryl methyl sites for hydroxylation is 1. The van der Waals surface area contributed by atoms with Crippen LogP contribution in [-0.2, 0) is 4.74 Å². The van der Waals surface area contributed by atoms with E-state index in [0.717, 1.165) is 42.7 Å². The summed E-state index contributed by atoms with van der Waals surface area (Å²) in [5.41, 5.74) is 10.4. The molecular weight excluding hydrogens is 352 g/mol. The van der Waals surface area contributed by atoms with Gasteiger partial charge in [0.2, 0.25) is 0 Å². The predicted octanol–water partition coefficient (Wildman–Crippen LogP) is 3.85. The van der Waals surface area contributed by atoms with Crippen molar-refractivity contribution in [1.82, 2.24) is 0 Å². The summed E-state index contributed by atoms with van der Waals surface area (Å²) >= 11 is 0. The van der Waals surface area contributed by atoms with E-state index in [9.17, 15) is 5.11 Å². The second-order valence-electron chi connectivity index (χ2n) is 6.85. The fraction of sp³-hybridized carbons (Fsp3) is 0.455. The first-order valence-electron chi connectivity index (χ1n) is 9.96. The highest BCUT2D eigenvalue weighted by Crippen LogP contribution is 2.26. The summed E-state index contributed by atoms with van der Waals surface area (Å²) in [6, 6.07) is 6.03. The van der Waals surface area contributed by atoms with E-state index in [1.165, 1.54) is 0 Å². The molecule has 1 aromatic rings. The number of ether oxygens (including phenoxy) is 1. The maximum atomic E-state index is 9.22. The van der Waals surface area contributed by atoms with Crippen LogP contribution in [0.25, 0.3) is 0 Å². The van der Waals surface area contributed by atoms with Crippen molar-refractivity contribution in [1.29, 1.82) is 5.41 Å². The number of nitrogens with two attached hydrogens (primary N) is 1. The van der Waals surface area contributed by atoms with Gasteiger partial charge >= 0.3 is 0 Å². The standard InChI is InChI=1S/C22H32N4O2/c1-4-6-7-12-28-22-15-21(18(23)14-19(22)24)25-20-9-8-17(13-16(20)3)26(5-2)10-11-27/h8-9,13-15,24,27H,4-7,10-12,23H2,1-3H3/b24-19?,25-21-. The second kappa shape index (κ2) is 10.7. The molecule has 6 nitrogen and oxygen atoms in total. The van der Waals surface area contributed by atoms with Gasteiger partial charge in [0.05, 0.1) is 36.0 Å². The third-order valence-corrected chi connectivity index (χ3v) is 4.67. The van der Waals surface area contributed by atoms with Crippen molar-refractivity contribution in [3.05, 3.63) is 47.4 Å². The number of unbranched alkanes of at least 4 members (excludes halogenated alkanes) is 2. The van der Waals surface area contributed by atoms with E-state index in [1.54, 1.807) is 12.2 Å². The van der Waals surface area contributed by atoms with Gasteiger partial charge in [0.15, 0.2) is 0 Å². The first-order chi connectivity index (χ1) is 13.5. The number of nitrogens with zero attached hydrogens (tertiary/aromatic N) is 2. The number of nitrogens with one attached hydrogen (secondary N) is 1. The van der Waals surface area contributed by atoms with E-state index in [1.807, 2.05) is 19.1 Å². The Kier molecular flexibility index (Phi) is 8.26. The Labute approximate surface area is 167 Å². The maximum Gasteiger partial charge on any atom is 0.146 e. The number of anilines is 1. The van der Waals surface area contributed by atoms with Crippen LogP contribution in [0.15, 0.2) is 46.8 Å². The molecule has 0 unspecified atom stereocenters. The molecule has 0 spiro atoms. The number of aliphatic imine (C=N–C) groups is 1. The summed E-state index contributed by atoms with van der Waals surface area (Å²) in [6.07, 6.45) is 6.55. The summed E-state index contributed by atoms with van der Waals surface area (Å²) < 4.78 is 5.76. The molecule has 4 N–H and O–H groups in total. The Balaban J connectivity index is 2.23. The molecule has 0 aliphatic heterocycles. The lowest BCUT2D eigenvalue weighted by molar-refractivity contribution is 0.224. The quantitative estimate of drug-likeness (QED) is 0.422. The highest BCUT2D eigenvalue weighted by molar-refractivity contribution is 6.22. The van der Waals surface area contributed by atoms with Crippen LogP contribution in [0.2, 0.25) is 0 Å². The largest absolute Gasteiger partial charge is 0.491 e. The normalized spacial score (nSPS) is 15.4. The van der Waals surface area contributed by atoms with Gasteiger partial charge in [-0.25, -0.2) is 4.99 Å². The van der Waals surface area contributed by atoms with Crippen molar-refractivity contribution >= 4 is 22.8 Å². The number of benzene rings is 1. The average Bonchev–Trinajstić information content (AvgIpc) is 2.67. The maximum absolute atomic E-state index is 9.22. The van der Waals surface area contributed by atoms with Crippen LogP contribution in [0.4, 0.5) is 11.4 Å². The molecule has 0 aromatic heterocycles. The molecule has 6 heteroatoms. The van der Waals surface area contributed by atoms with Gasteiger partial charge in [0.25, 0.3) is 0 Å². The molecule has 152 valence electrons. The van der Waals surface area contributed by atoms with E-state index in [-0.39, 0.29) is 12.3 Å². The first kappa shape index (κ1) is 21.7. The molecule has 0 heterocycles. The Hall–Kier alpha value is -2.60. The number of likely N-dealkylation sites (N-methyl/N-ethyl adjacent to an activating group) is 1. The number of aliphatic hydroxyl groups excluding tert-OH is 1. The SMILES string of the molecule is CCCCCOC1=C/C(=N/c2ccc(N(CC)CCO)cc2C)C(N)=CC1=N.